The molecule has 0 saturated heterocycles. The van der Waals surface area contributed by atoms with Crippen LogP contribution in [-0.2, 0) is 31.8 Å². The summed E-state index contributed by atoms with van der Waals surface area (Å²) in [7, 11) is -15.8. The molecule has 7 atom stereocenters. The van der Waals surface area contributed by atoms with Crippen LogP contribution in [0.15, 0.2) is 0 Å². The molecule has 31 heavy (non-hydrogen) atoms. The zero-order valence-electron chi connectivity index (χ0n) is 16.1. The van der Waals surface area contributed by atoms with Crippen molar-refractivity contribution >= 4 is 23.5 Å². The highest BCUT2D eigenvalue weighted by Crippen LogP contribution is 2.50. The second-order valence-electron chi connectivity index (χ2n) is 6.67. The molecule has 1 rings (SSSR count). The Morgan fingerprint density at radius 3 is 1.42 bits per heavy atom. The van der Waals surface area contributed by atoms with E-state index in [1.54, 1.807) is 0 Å². The number of phosphoric ester groups is 3. The number of hydrogen-bond acceptors (Lipinski definition) is 11. The molecule has 1 aliphatic carbocycles. The molecule has 16 nitrogen and oxygen atoms in total. The van der Waals surface area contributed by atoms with Crippen molar-refractivity contribution in [3.05, 3.63) is 0 Å². The molecule has 0 heterocycles. The summed E-state index contributed by atoms with van der Waals surface area (Å²) in [6, 6.07) is 0. The first-order valence-corrected chi connectivity index (χ1v) is 13.5. The van der Waals surface area contributed by atoms with E-state index in [0.717, 1.165) is 12.8 Å². The minimum Gasteiger partial charge on any atom is -0.387 e. The smallest absolute Gasteiger partial charge is 0.387 e. The molecule has 0 aromatic heterocycles. The summed E-state index contributed by atoms with van der Waals surface area (Å²) in [6.45, 7) is 0.201. The van der Waals surface area contributed by atoms with E-state index in [0.29, 0.717) is 19.4 Å². The van der Waals surface area contributed by atoms with Gasteiger partial charge in [-0.05, 0) is 19.4 Å². The summed E-state index contributed by atoms with van der Waals surface area (Å²) in [5.41, 5.74) is 5.33. The molecule has 0 aromatic rings. The quantitative estimate of drug-likeness (QED) is 0.0945. The first-order chi connectivity index (χ1) is 14.1. The fraction of sp³-hybridized carbons (Fsp3) is 1.00. The zero-order valence-corrected chi connectivity index (χ0v) is 18.7. The summed E-state index contributed by atoms with van der Waals surface area (Å²) in [4.78, 5) is 45.6. The average Bonchev–Trinajstić information content (AvgIpc) is 2.61. The number of rotatable bonds is 13. The molecule has 1 saturated carbocycles. The topological polar surface area (TPSA) is 276 Å². The number of aliphatic hydroxyl groups is 3. The van der Waals surface area contributed by atoms with E-state index in [4.69, 9.17) is 29.8 Å². The first kappa shape index (κ1) is 29.2. The molecule has 1 aliphatic rings. The maximum atomic E-state index is 12.1. The van der Waals surface area contributed by atoms with Crippen molar-refractivity contribution in [1.82, 2.24) is 0 Å². The molecule has 19 heteroatoms. The molecular formula is C12H28NO15P3. The molecule has 1 fully saturated rings. The van der Waals surface area contributed by atoms with Crippen LogP contribution in [0.1, 0.15) is 25.7 Å². The Balaban J connectivity index is 2.97. The van der Waals surface area contributed by atoms with E-state index < -0.39 is 60.1 Å². The van der Waals surface area contributed by atoms with Gasteiger partial charge in [-0.1, -0.05) is 12.8 Å². The van der Waals surface area contributed by atoms with E-state index in [1.165, 1.54) is 0 Å². The minimum atomic E-state index is -5.39. The third-order valence-corrected chi connectivity index (χ3v) is 6.20. The van der Waals surface area contributed by atoms with Gasteiger partial charge in [0.1, 0.15) is 36.6 Å². The van der Waals surface area contributed by atoms with E-state index in [1.807, 2.05) is 0 Å². The maximum Gasteiger partial charge on any atom is 0.472 e. The number of nitrogens with two attached hydrogens (primary N) is 1. The lowest BCUT2D eigenvalue weighted by atomic mass is 9.85. The van der Waals surface area contributed by atoms with E-state index in [-0.39, 0.29) is 6.61 Å². The molecule has 0 spiro atoms. The van der Waals surface area contributed by atoms with Gasteiger partial charge in [-0.3, -0.25) is 18.1 Å². The van der Waals surface area contributed by atoms with Gasteiger partial charge in [0.05, 0.1) is 6.61 Å². The van der Waals surface area contributed by atoms with Crippen molar-refractivity contribution in [3.8, 4) is 0 Å². The van der Waals surface area contributed by atoms with Gasteiger partial charge in [0.25, 0.3) is 0 Å². The van der Waals surface area contributed by atoms with Gasteiger partial charge in [0.15, 0.2) is 0 Å². The van der Waals surface area contributed by atoms with Crippen LogP contribution in [0.5, 0.6) is 0 Å². The van der Waals surface area contributed by atoms with Crippen LogP contribution in [0.3, 0.4) is 0 Å². The van der Waals surface area contributed by atoms with Crippen LogP contribution in [0, 0.1) is 0 Å². The van der Waals surface area contributed by atoms with Crippen LogP contribution in [0.2, 0.25) is 0 Å². The summed E-state index contributed by atoms with van der Waals surface area (Å²) in [6.07, 6.45) is -11.6. The number of hydrogen-bond donors (Lipinski definition) is 9. The van der Waals surface area contributed by atoms with Crippen LogP contribution in [-0.4, -0.2) is 89.6 Å². The lowest BCUT2D eigenvalue weighted by Crippen LogP contribution is -2.65. The Bertz CT molecular complexity index is 659. The lowest BCUT2D eigenvalue weighted by Gasteiger charge is -2.44. The van der Waals surface area contributed by atoms with Crippen molar-refractivity contribution < 1.29 is 71.6 Å². The molecule has 0 amide bonds. The molecule has 10 N–H and O–H groups in total. The highest BCUT2D eigenvalue weighted by molar-refractivity contribution is 7.47. The minimum absolute atomic E-state index is 0.273. The van der Waals surface area contributed by atoms with Gasteiger partial charge in [-0.2, -0.15) is 0 Å². The van der Waals surface area contributed by atoms with Crippen LogP contribution in [0.25, 0.3) is 0 Å². The van der Waals surface area contributed by atoms with Crippen molar-refractivity contribution in [1.29, 1.82) is 0 Å². The number of aliphatic hydroxyl groups excluding tert-OH is 3. The molecule has 186 valence electrons. The molecular weight excluding hydrogens is 491 g/mol. The summed E-state index contributed by atoms with van der Waals surface area (Å²) in [5.74, 6) is 0. The molecule has 0 bridgehead atoms. The van der Waals surface area contributed by atoms with Crippen molar-refractivity contribution in [2.75, 3.05) is 13.2 Å². The van der Waals surface area contributed by atoms with Gasteiger partial charge in [0, 0.05) is 0 Å². The molecule has 3 unspecified atom stereocenters. The van der Waals surface area contributed by atoms with Gasteiger partial charge in [-0.25, -0.2) is 13.7 Å². The maximum absolute atomic E-state index is 12.1. The summed E-state index contributed by atoms with van der Waals surface area (Å²) < 4.78 is 52.1. The van der Waals surface area contributed by atoms with Crippen LogP contribution >= 0.6 is 23.5 Å². The number of phosphoric acid groups is 3. The van der Waals surface area contributed by atoms with Crippen molar-refractivity contribution in [2.24, 2.45) is 5.73 Å². The standard InChI is InChI=1S/C12H28NO15P3/c13-5-3-1-2-4-6-25-31(23,24)28-12-8(15)10(26-29(17,18)19)7(14)11(9(12)16)27-30(20,21)22/h7-12,14-16H,1-6,13H2,(H,23,24)(H2,17,18,19)(H2,20,21,22)/t7?,8-,9-,10-,11+,12?/m1/s1. The Morgan fingerprint density at radius 2 is 1.03 bits per heavy atom. The van der Waals surface area contributed by atoms with Crippen LogP contribution < -0.4 is 5.73 Å². The third-order valence-electron chi connectivity index (χ3n) is 4.15. The molecule has 0 aromatic carbocycles. The fourth-order valence-electron chi connectivity index (χ4n) is 2.82. The monoisotopic (exact) mass is 519 g/mol. The van der Waals surface area contributed by atoms with Gasteiger partial charge >= 0.3 is 23.5 Å². The Morgan fingerprint density at radius 1 is 0.645 bits per heavy atom. The summed E-state index contributed by atoms with van der Waals surface area (Å²) >= 11 is 0. The van der Waals surface area contributed by atoms with E-state index in [9.17, 15) is 33.9 Å². The van der Waals surface area contributed by atoms with Gasteiger partial charge in [-0.15, -0.1) is 0 Å². The predicted octanol–water partition coefficient (Wildman–Crippen LogP) is -1.94. The second-order valence-corrected chi connectivity index (χ2v) is 10.5. The molecule has 0 aliphatic heterocycles. The van der Waals surface area contributed by atoms with Crippen molar-refractivity contribution in [3.63, 3.8) is 0 Å². The van der Waals surface area contributed by atoms with Crippen molar-refractivity contribution in [2.45, 2.75) is 62.3 Å². The van der Waals surface area contributed by atoms with Gasteiger partial charge in [0.2, 0.25) is 0 Å². The fourth-order valence-corrected chi connectivity index (χ4v) is 4.93. The Labute approximate surface area is 177 Å². The average molecular weight is 519 g/mol. The highest BCUT2D eigenvalue weighted by Gasteiger charge is 2.56. The SMILES string of the molecule is NCCCCCCOP(=O)(O)OC1[C@H](O)[C@H](OP(=O)(O)O)C(O)[C@H](OP(=O)(O)O)[C@H]1O. The highest BCUT2D eigenvalue weighted by atomic mass is 31.2. The van der Waals surface area contributed by atoms with Crippen LogP contribution in [0.4, 0.5) is 0 Å². The number of unbranched alkanes of at least 4 members (excludes halogenated alkanes) is 3. The summed E-state index contributed by atoms with van der Waals surface area (Å²) in [5, 5.41) is 30.5. The third kappa shape index (κ3) is 10.3. The molecule has 0 radical (unpaired) electrons. The second kappa shape index (κ2) is 12.0. The Kier molecular flexibility index (Phi) is 11.3. The Hall–Kier alpha value is 0.170. The van der Waals surface area contributed by atoms with E-state index >= 15 is 0 Å². The lowest BCUT2D eigenvalue weighted by molar-refractivity contribution is -0.212. The predicted molar refractivity (Wildman–Crippen MR) is 100 cm³/mol. The zero-order chi connectivity index (χ0) is 24.0. The normalized spacial score (nSPS) is 32.0. The van der Waals surface area contributed by atoms with E-state index in [2.05, 4.69) is 13.6 Å². The largest absolute Gasteiger partial charge is 0.472 e. The van der Waals surface area contributed by atoms with Gasteiger partial charge < -0.3 is 45.5 Å². The first-order valence-electron chi connectivity index (χ1n) is 8.96.